The van der Waals surface area contributed by atoms with Crippen molar-refractivity contribution in [2.24, 2.45) is 0 Å². The summed E-state index contributed by atoms with van der Waals surface area (Å²) >= 11 is 0. The summed E-state index contributed by atoms with van der Waals surface area (Å²) in [6, 6.07) is 12.8. The first-order chi connectivity index (χ1) is 8.69. The zero-order valence-electron chi connectivity index (χ0n) is 10.1. The van der Waals surface area contributed by atoms with Crippen molar-refractivity contribution in [3.63, 3.8) is 0 Å². The molecule has 0 amide bonds. The van der Waals surface area contributed by atoms with Crippen molar-refractivity contribution in [1.29, 1.82) is 0 Å². The van der Waals surface area contributed by atoms with Crippen LogP contribution in [-0.4, -0.2) is 5.11 Å². The van der Waals surface area contributed by atoms with Gasteiger partial charge in [0.1, 0.15) is 5.75 Å². The minimum absolute atomic E-state index is 0.297. The van der Waals surface area contributed by atoms with Crippen LogP contribution in [0.5, 0.6) is 5.75 Å². The number of nitrogens with one attached hydrogen (secondary N) is 1. The number of benzene rings is 2. The van der Waals surface area contributed by atoms with E-state index in [1.807, 2.05) is 31.2 Å². The Morgan fingerprint density at radius 3 is 2.56 bits per heavy atom. The first-order valence-corrected chi connectivity index (χ1v) is 5.69. The van der Waals surface area contributed by atoms with Gasteiger partial charge in [0, 0.05) is 17.8 Å². The molecule has 3 heteroatoms. The molecule has 0 bridgehead atoms. The van der Waals surface area contributed by atoms with Crippen LogP contribution in [0.3, 0.4) is 0 Å². The van der Waals surface area contributed by atoms with Crippen molar-refractivity contribution in [3.8, 4) is 5.75 Å². The van der Waals surface area contributed by atoms with Crippen LogP contribution in [0.4, 0.5) is 11.4 Å². The Bertz CT molecular complexity index is 582. The number of phenols is 1. The predicted molar refractivity (Wildman–Crippen MR) is 72.9 cm³/mol. The highest BCUT2D eigenvalue weighted by molar-refractivity contribution is 5.54. The zero-order chi connectivity index (χ0) is 13.0. The monoisotopic (exact) mass is 238 g/mol. The molecule has 0 aliphatic heterocycles. The van der Waals surface area contributed by atoms with Gasteiger partial charge in [-0.1, -0.05) is 29.8 Å². The second-order valence-electron chi connectivity index (χ2n) is 4.14. The smallest absolute Gasteiger partial charge is 0.187 e. The Morgan fingerprint density at radius 1 is 1.17 bits per heavy atom. The lowest BCUT2D eigenvalue weighted by atomic mass is 10.1. The number of anilines is 1. The number of aromatic hydroxyl groups is 1. The second kappa shape index (κ2) is 5.24. The summed E-state index contributed by atoms with van der Waals surface area (Å²) in [5.41, 5.74) is 3.54. The fourth-order valence-electron chi connectivity index (χ4n) is 1.71. The predicted octanol–water partition coefficient (Wildman–Crippen LogP) is 3.86. The molecule has 2 N–H and O–H groups in total. The molecule has 0 spiro atoms. The quantitative estimate of drug-likeness (QED) is 0.796. The summed E-state index contributed by atoms with van der Waals surface area (Å²) in [6.45, 7) is 9.43. The van der Waals surface area contributed by atoms with Crippen molar-refractivity contribution in [1.82, 2.24) is 0 Å². The minimum Gasteiger partial charge on any atom is -0.508 e. The molecule has 90 valence electrons. The Labute approximate surface area is 107 Å². The van der Waals surface area contributed by atoms with E-state index in [4.69, 9.17) is 6.57 Å². The standard InChI is InChI=1S/C15H14N2O/c1-11-3-8-15(18)12(9-11)10-17-14-6-4-13(16-2)5-7-14/h3-9,17-18H,10H2,1H3. The number of hydrogen-bond donors (Lipinski definition) is 2. The van der Waals surface area contributed by atoms with Gasteiger partial charge in [-0.25, -0.2) is 4.85 Å². The highest BCUT2D eigenvalue weighted by atomic mass is 16.3. The van der Waals surface area contributed by atoms with Crippen LogP contribution in [0.15, 0.2) is 42.5 Å². The van der Waals surface area contributed by atoms with Gasteiger partial charge in [-0.05, 0) is 25.1 Å². The first-order valence-electron chi connectivity index (χ1n) is 5.69. The van der Waals surface area contributed by atoms with Crippen molar-refractivity contribution in [3.05, 3.63) is 65.0 Å². The lowest BCUT2D eigenvalue weighted by Crippen LogP contribution is -1.99. The van der Waals surface area contributed by atoms with Crippen LogP contribution in [0.2, 0.25) is 0 Å². The average molecular weight is 238 g/mol. The lowest BCUT2D eigenvalue weighted by Gasteiger charge is -2.09. The van der Waals surface area contributed by atoms with Crippen molar-refractivity contribution < 1.29 is 5.11 Å². The van der Waals surface area contributed by atoms with Crippen LogP contribution < -0.4 is 5.32 Å². The van der Waals surface area contributed by atoms with Crippen LogP contribution in [0.25, 0.3) is 4.85 Å². The maximum Gasteiger partial charge on any atom is 0.187 e. The van der Waals surface area contributed by atoms with Gasteiger partial charge in [0.05, 0.1) is 6.57 Å². The molecule has 0 aromatic heterocycles. The number of aryl methyl sites for hydroxylation is 1. The molecular formula is C15H14N2O. The van der Waals surface area contributed by atoms with E-state index >= 15 is 0 Å². The molecule has 0 atom stereocenters. The van der Waals surface area contributed by atoms with E-state index in [2.05, 4.69) is 10.2 Å². The summed E-state index contributed by atoms with van der Waals surface area (Å²) in [7, 11) is 0. The zero-order valence-corrected chi connectivity index (χ0v) is 10.1. The van der Waals surface area contributed by atoms with Crippen molar-refractivity contribution in [2.75, 3.05) is 5.32 Å². The fourth-order valence-corrected chi connectivity index (χ4v) is 1.71. The topological polar surface area (TPSA) is 36.6 Å². The third-order valence-electron chi connectivity index (χ3n) is 2.71. The molecule has 0 saturated heterocycles. The molecule has 2 rings (SSSR count). The lowest BCUT2D eigenvalue weighted by molar-refractivity contribution is 0.469. The van der Waals surface area contributed by atoms with E-state index in [0.29, 0.717) is 18.0 Å². The Kier molecular flexibility index (Phi) is 3.49. The largest absolute Gasteiger partial charge is 0.508 e. The van der Waals surface area contributed by atoms with E-state index < -0.39 is 0 Å². The van der Waals surface area contributed by atoms with E-state index in [-0.39, 0.29) is 0 Å². The third-order valence-corrected chi connectivity index (χ3v) is 2.71. The van der Waals surface area contributed by atoms with Gasteiger partial charge >= 0.3 is 0 Å². The van der Waals surface area contributed by atoms with E-state index in [1.54, 1.807) is 18.2 Å². The Morgan fingerprint density at radius 2 is 1.89 bits per heavy atom. The van der Waals surface area contributed by atoms with Crippen LogP contribution in [0, 0.1) is 13.5 Å². The highest BCUT2D eigenvalue weighted by Gasteiger charge is 2.01. The summed E-state index contributed by atoms with van der Waals surface area (Å²) < 4.78 is 0. The number of nitrogens with zero attached hydrogens (tertiary/aromatic N) is 1. The van der Waals surface area contributed by atoms with E-state index in [9.17, 15) is 5.11 Å². The number of hydrogen-bond acceptors (Lipinski definition) is 2. The molecule has 0 heterocycles. The van der Waals surface area contributed by atoms with E-state index in [1.165, 1.54) is 0 Å². The SMILES string of the molecule is [C-]#[N+]c1ccc(NCc2cc(C)ccc2O)cc1. The van der Waals surface area contributed by atoms with Crippen molar-refractivity contribution >= 4 is 11.4 Å². The molecule has 0 aliphatic rings. The second-order valence-corrected chi connectivity index (χ2v) is 4.14. The van der Waals surface area contributed by atoms with Crippen LogP contribution >= 0.6 is 0 Å². The Hall–Kier alpha value is -2.47. The molecule has 0 saturated carbocycles. The summed E-state index contributed by atoms with van der Waals surface area (Å²) in [5, 5.41) is 12.9. The van der Waals surface area contributed by atoms with Crippen molar-refractivity contribution in [2.45, 2.75) is 13.5 Å². The first kappa shape index (κ1) is 12.0. The van der Waals surface area contributed by atoms with Crippen LogP contribution in [-0.2, 0) is 6.54 Å². The van der Waals surface area contributed by atoms with E-state index in [0.717, 1.165) is 16.8 Å². The molecular weight excluding hydrogens is 224 g/mol. The number of phenolic OH excluding ortho intramolecular Hbond substituents is 1. The summed E-state index contributed by atoms with van der Waals surface area (Å²) in [5.74, 6) is 0.297. The maximum absolute atomic E-state index is 9.72. The molecule has 0 fully saturated rings. The van der Waals surface area contributed by atoms with Gasteiger partial charge in [0.15, 0.2) is 5.69 Å². The molecule has 0 aliphatic carbocycles. The maximum atomic E-state index is 9.72. The fraction of sp³-hybridized carbons (Fsp3) is 0.133. The normalized spacial score (nSPS) is 9.78. The van der Waals surface area contributed by atoms with Gasteiger partial charge < -0.3 is 10.4 Å². The summed E-state index contributed by atoms with van der Waals surface area (Å²) in [4.78, 5) is 3.34. The average Bonchev–Trinajstić information content (AvgIpc) is 2.40. The highest BCUT2D eigenvalue weighted by Crippen LogP contribution is 2.21. The van der Waals surface area contributed by atoms with Gasteiger partial charge in [-0.2, -0.15) is 0 Å². The van der Waals surface area contributed by atoms with Gasteiger partial charge in [-0.3, -0.25) is 0 Å². The van der Waals surface area contributed by atoms with Gasteiger partial charge in [-0.15, -0.1) is 0 Å². The molecule has 0 unspecified atom stereocenters. The third kappa shape index (κ3) is 2.80. The molecule has 3 nitrogen and oxygen atoms in total. The van der Waals surface area contributed by atoms with Gasteiger partial charge in [0.25, 0.3) is 0 Å². The Balaban J connectivity index is 2.07. The molecule has 0 radical (unpaired) electrons. The summed E-state index contributed by atoms with van der Waals surface area (Å²) in [6.07, 6.45) is 0. The van der Waals surface area contributed by atoms with Gasteiger partial charge in [0.2, 0.25) is 0 Å². The van der Waals surface area contributed by atoms with Crippen LogP contribution in [0.1, 0.15) is 11.1 Å². The molecule has 2 aromatic rings. The molecule has 18 heavy (non-hydrogen) atoms. The minimum atomic E-state index is 0.297. The number of rotatable bonds is 3. The molecule has 2 aromatic carbocycles.